The van der Waals surface area contributed by atoms with E-state index in [1.807, 2.05) is 0 Å². The van der Waals surface area contributed by atoms with Gasteiger partial charge in [0.1, 0.15) is 5.37 Å². The predicted octanol–water partition coefficient (Wildman–Crippen LogP) is 5.74. The predicted molar refractivity (Wildman–Crippen MR) is 96.2 cm³/mol. The van der Waals surface area contributed by atoms with E-state index in [-0.39, 0.29) is 22.6 Å². The van der Waals surface area contributed by atoms with E-state index in [1.165, 1.54) is 23.9 Å². The average molecular weight is 373 g/mol. The molecule has 0 aliphatic carbocycles. The fourth-order valence-corrected chi connectivity index (χ4v) is 4.67. The summed E-state index contributed by atoms with van der Waals surface area (Å²) in [6.07, 6.45) is -2.99. The number of hydrogen-bond acceptors (Lipinski definition) is 2. The molecule has 0 radical (unpaired) electrons. The molecule has 0 unspecified atom stereocenters. The number of carbonyl (C=O) groups excluding carboxylic acids is 1. The summed E-state index contributed by atoms with van der Waals surface area (Å²) in [4.78, 5) is 14.4. The molecule has 0 saturated carbocycles. The first-order valence-corrected chi connectivity index (χ1v) is 9.60. The maximum Gasteiger partial charge on any atom is 0.416 e. The SMILES string of the molecule is C[C@@H](CC(=O)N1CCS[C@H]1c1cccc(C(F)(F)F)c1)CC(C)(C)C. The second kappa shape index (κ2) is 7.60. The van der Waals surface area contributed by atoms with Crippen molar-refractivity contribution in [1.29, 1.82) is 0 Å². The zero-order valence-corrected chi connectivity index (χ0v) is 16.0. The Morgan fingerprint density at radius 3 is 2.60 bits per heavy atom. The minimum atomic E-state index is -4.37. The molecule has 140 valence electrons. The van der Waals surface area contributed by atoms with Gasteiger partial charge in [-0.25, -0.2) is 0 Å². The molecule has 1 amide bonds. The quantitative estimate of drug-likeness (QED) is 0.670. The van der Waals surface area contributed by atoms with Crippen molar-refractivity contribution in [3.8, 4) is 0 Å². The molecule has 0 spiro atoms. The topological polar surface area (TPSA) is 20.3 Å². The number of carbonyl (C=O) groups is 1. The highest BCUT2D eigenvalue weighted by atomic mass is 32.2. The largest absolute Gasteiger partial charge is 0.416 e. The van der Waals surface area contributed by atoms with Gasteiger partial charge in [-0.05, 0) is 35.4 Å². The molecule has 1 aliphatic heterocycles. The van der Waals surface area contributed by atoms with Gasteiger partial charge in [-0.3, -0.25) is 4.79 Å². The Balaban J connectivity index is 2.11. The van der Waals surface area contributed by atoms with Crippen molar-refractivity contribution in [1.82, 2.24) is 4.90 Å². The van der Waals surface area contributed by atoms with Crippen LogP contribution >= 0.6 is 11.8 Å². The van der Waals surface area contributed by atoms with Crippen LogP contribution in [0.4, 0.5) is 13.2 Å². The summed E-state index contributed by atoms with van der Waals surface area (Å²) in [7, 11) is 0. The number of amides is 1. The lowest BCUT2D eigenvalue weighted by atomic mass is 9.84. The lowest BCUT2D eigenvalue weighted by molar-refractivity contribution is -0.137. The summed E-state index contributed by atoms with van der Waals surface area (Å²) in [5.74, 6) is 1.03. The Kier molecular flexibility index (Phi) is 6.13. The van der Waals surface area contributed by atoms with Crippen molar-refractivity contribution >= 4 is 17.7 Å². The number of rotatable bonds is 4. The van der Waals surface area contributed by atoms with Gasteiger partial charge >= 0.3 is 6.18 Å². The van der Waals surface area contributed by atoms with Gasteiger partial charge in [-0.15, -0.1) is 11.8 Å². The molecule has 0 N–H and O–H groups in total. The van der Waals surface area contributed by atoms with Gasteiger partial charge in [0.25, 0.3) is 0 Å². The van der Waals surface area contributed by atoms with E-state index in [1.54, 1.807) is 11.0 Å². The molecule has 1 heterocycles. The molecular weight excluding hydrogens is 347 g/mol. The molecular formula is C19H26F3NOS. The molecule has 1 fully saturated rings. The van der Waals surface area contributed by atoms with Gasteiger partial charge < -0.3 is 4.90 Å². The van der Waals surface area contributed by atoms with Crippen molar-refractivity contribution in [3.63, 3.8) is 0 Å². The number of benzene rings is 1. The Morgan fingerprint density at radius 1 is 1.32 bits per heavy atom. The summed E-state index contributed by atoms with van der Waals surface area (Å²) >= 11 is 1.53. The normalized spacial score (nSPS) is 20.0. The van der Waals surface area contributed by atoms with Crippen LogP contribution in [0.2, 0.25) is 0 Å². The maximum absolute atomic E-state index is 13.0. The Morgan fingerprint density at radius 2 is 2.00 bits per heavy atom. The Bertz CT molecular complexity index is 609. The highest BCUT2D eigenvalue weighted by Gasteiger charge is 2.35. The smallest absolute Gasteiger partial charge is 0.326 e. The van der Waals surface area contributed by atoms with Gasteiger partial charge in [-0.2, -0.15) is 13.2 Å². The van der Waals surface area contributed by atoms with Gasteiger partial charge in [0.05, 0.1) is 5.56 Å². The molecule has 1 aromatic rings. The Hall–Kier alpha value is -1.17. The standard InChI is InChI=1S/C19H26F3NOS/c1-13(12-18(2,3)4)10-16(24)23-8-9-25-17(23)14-6-5-7-15(11-14)19(20,21)22/h5-7,11,13,17H,8-10,12H2,1-4H3/t13-,17-/m0/s1. The molecule has 2 rings (SSSR count). The van der Waals surface area contributed by atoms with Crippen LogP contribution in [0.15, 0.2) is 24.3 Å². The van der Waals surface area contributed by atoms with E-state index in [2.05, 4.69) is 27.7 Å². The second-order valence-corrected chi connectivity index (χ2v) is 9.20. The van der Waals surface area contributed by atoms with E-state index in [4.69, 9.17) is 0 Å². The van der Waals surface area contributed by atoms with Crippen molar-refractivity contribution < 1.29 is 18.0 Å². The van der Waals surface area contributed by atoms with E-state index in [0.717, 1.165) is 18.2 Å². The van der Waals surface area contributed by atoms with E-state index >= 15 is 0 Å². The summed E-state index contributed by atoms with van der Waals surface area (Å²) < 4.78 is 38.9. The van der Waals surface area contributed by atoms with Crippen LogP contribution in [0.25, 0.3) is 0 Å². The fraction of sp³-hybridized carbons (Fsp3) is 0.632. The van der Waals surface area contributed by atoms with E-state index in [9.17, 15) is 18.0 Å². The molecule has 0 aromatic heterocycles. The molecule has 2 nitrogen and oxygen atoms in total. The lowest BCUT2D eigenvalue weighted by Gasteiger charge is -2.28. The van der Waals surface area contributed by atoms with Crippen LogP contribution in [-0.4, -0.2) is 23.1 Å². The Labute approximate surface area is 152 Å². The molecule has 1 saturated heterocycles. The average Bonchev–Trinajstić information content (AvgIpc) is 2.93. The zero-order chi connectivity index (χ0) is 18.8. The minimum Gasteiger partial charge on any atom is -0.326 e. The van der Waals surface area contributed by atoms with Crippen LogP contribution in [-0.2, 0) is 11.0 Å². The first-order chi connectivity index (χ1) is 11.5. The van der Waals surface area contributed by atoms with Crippen molar-refractivity contribution in [2.75, 3.05) is 12.3 Å². The summed E-state index contributed by atoms with van der Waals surface area (Å²) in [6, 6.07) is 5.33. The summed E-state index contributed by atoms with van der Waals surface area (Å²) in [5, 5.41) is -0.323. The van der Waals surface area contributed by atoms with Crippen LogP contribution in [0.3, 0.4) is 0 Å². The monoisotopic (exact) mass is 373 g/mol. The molecule has 0 bridgehead atoms. The van der Waals surface area contributed by atoms with Crippen molar-refractivity contribution in [3.05, 3.63) is 35.4 Å². The first-order valence-electron chi connectivity index (χ1n) is 8.55. The van der Waals surface area contributed by atoms with Gasteiger partial charge in [0, 0.05) is 18.7 Å². The second-order valence-electron chi connectivity index (χ2n) is 8.01. The van der Waals surface area contributed by atoms with Crippen molar-refractivity contribution in [2.45, 2.75) is 52.1 Å². The third-order valence-electron chi connectivity index (χ3n) is 4.19. The molecule has 1 aliphatic rings. The maximum atomic E-state index is 13.0. The molecule has 2 atom stereocenters. The van der Waals surface area contributed by atoms with E-state index in [0.29, 0.717) is 18.5 Å². The van der Waals surface area contributed by atoms with Crippen molar-refractivity contribution in [2.24, 2.45) is 11.3 Å². The molecule has 1 aromatic carbocycles. The van der Waals surface area contributed by atoms with Gasteiger partial charge in [-0.1, -0.05) is 39.8 Å². The first kappa shape index (κ1) is 20.1. The van der Waals surface area contributed by atoms with Gasteiger partial charge in [0.2, 0.25) is 5.91 Å². The summed E-state index contributed by atoms with van der Waals surface area (Å²) in [6.45, 7) is 9.08. The zero-order valence-electron chi connectivity index (χ0n) is 15.2. The van der Waals surface area contributed by atoms with Crippen LogP contribution in [0, 0.1) is 11.3 Å². The summed E-state index contributed by atoms with van der Waals surface area (Å²) in [5.41, 5.74) is 0.0417. The van der Waals surface area contributed by atoms with E-state index < -0.39 is 11.7 Å². The van der Waals surface area contributed by atoms with Crippen LogP contribution < -0.4 is 0 Å². The minimum absolute atomic E-state index is 0.0316. The van der Waals surface area contributed by atoms with Crippen LogP contribution in [0.1, 0.15) is 57.0 Å². The third kappa shape index (κ3) is 5.66. The number of nitrogens with zero attached hydrogens (tertiary/aromatic N) is 1. The number of alkyl halides is 3. The molecule has 25 heavy (non-hydrogen) atoms. The van der Waals surface area contributed by atoms with Gasteiger partial charge in [0.15, 0.2) is 0 Å². The highest BCUT2D eigenvalue weighted by Crippen LogP contribution is 2.41. The van der Waals surface area contributed by atoms with Crippen LogP contribution in [0.5, 0.6) is 0 Å². The highest BCUT2D eigenvalue weighted by molar-refractivity contribution is 7.99. The number of hydrogen-bond donors (Lipinski definition) is 0. The third-order valence-corrected chi connectivity index (χ3v) is 5.46. The molecule has 6 heteroatoms. The fourth-order valence-electron chi connectivity index (χ4n) is 3.40. The lowest BCUT2D eigenvalue weighted by Crippen LogP contribution is -2.32. The number of thioether (sulfide) groups is 1. The number of halogens is 3.